The normalized spacial score (nSPS) is 11.6. The number of nitrogens with one attached hydrogen (secondary N) is 2. The van der Waals surface area contributed by atoms with E-state index in [-0.39, 0.29) is 11.4 Å². The Hall–Kier alpha value is -3.50. The highest BCUT2D eigenvalue weighted by molar-refractivity contribution is 7.89. The predicted molar refractivity (Wildman–Crippen MR) is 126 cm³/mol. The predicted octanol–water partition coefficient (Wildman–Crippen LogP) is 2.62. The van der Waals surface area contributed by atoms with Gasteiger partial charge in [-0.2, -0.15) is 4.52 Å². The smallest absolute Gasteiger partial charge is 0.240 e. The highest BCUT2D eigenvalue weighted by atomic mass is 32.2. The maximum absolute atomic E-state index is 12.5. The van der Waals surface area contributed by atoms with E-state index in [2.05, 4.69) is 25.3 Å². The molecule has 33 heavy (non-hydrogen) atoms. The van der Waals surface area contributed by atoms with Crippen LogP contribution in [0.3, 0.4) is 0 Å². The molecule has 0 saturated carbocycles. The monoisotopic (exact) mass is 466 g/mol. The maximum Gasteiger partial charge on any atom is 0.240 e. The third-order valence-electron chi connectivity index (χ3n) is 5.15. The Morgan fingerprint density at radius 1 is 0.970 bits per heavy atom. The summed E-state index contributed by atoms with van der Waals surface area (Å²) in [6.07, 6.45) is 1.19. The first kappa shape index (κ1) is 22.7. The molecule has 0 fully saturated rings. The van der Waals surface area contributed by atoms with Crippen LogP contribution in [0.1, 0.15) is 17.0 Å². The zero-order valence-electron chi connectivity index (χ0n) is 18.5. The van der Waals surface area contributed by atoms with E-state index >= 15 is 0 Å². The number of fused-ring (bicyclic) bond motifs is 1. The van der Waals surface area contributed by atoms with Crippen molar-refractivity contribution < 1.29 is 13.2 Å². The second-order valence-corrected chi connectivity index (χ2v) is 9.36. The van der Waals surface area contributed by atoms with Crippen LogP contribution in [0.15, 0.2) is 65.6 Å². The third-order valence-corrected chi connectivity index (χ3v) is 6.61. The first-order valence-corrected chi connectivity index (χ1v) is 12.1. The van der Waals surface area contributed by atoms with Crippen molar-refractivity contribution in [3.8, 4) is 5.75 Å². The number of sulfonamides is 1. The van der Waals surface area contributed by atoms with Gasteiger partial charge in [0.05, 0.1) is 12.0 Å². The second-order valence-electron chi connectivity index (χ2n) is 7.59. The van der Waals surface area contributed by atoms with Crippen LogP contribution >= 0.6 is 0 Å². The summed E-state index contributed by atoms with van der Waals surface area (Å²) in [7, 11) is -1.94. The van der Waals surface area contributed by atoms with E-state index < -0.39 is 10.0 Å². The van der Waals surface area contributed by atoms with Crippen LogP contribution in [0.5, 0.6) is 5.75 Å². The number of anilines is 1. The summed E-state index contributed by atoms with van der Waals surface area (Å²) in [5.74, 6) is 2.10. The van der Waals surface area contributed by atoms with Gasteiger partial charge >= 0.3 is 0 Å². The molecule has 4 aromatic rings. The number of hydrogen-bond acceptors (Lipinski definition) is 7. The molecule has 0 aliphatic carbocycles. The molecule has 0 amide bonds. The largest absolute Gasteiger partial charge is 0.497 e. The summed E-state index contributed by atoms with van der Waals surface area (Å²) in [6.45, 7) is 2.75. The minimum Gasteiger partial charge on any atom is -0.497 e. The Kier molecular flexibility index (Phi) is 6.85. The van der Waals surface area contributed by atoms with Crippen LogP contribution in [0.25, 0.3) is 5.65 Å². The van der Waals surface area contributed by atoms with Crippen molar-refractivity contribution in [2.45, 2.75) is 24.7 Å². The number of nitrogens with zero attached hydrogens (tertiary/aromatic N) is 4. The molecule has 9 nitrogen and oxygen atoms in total. The van der Waals surface area contributed by atoms with E-state index in [0.29, 0.717) is 30.3 Å². The van der Waals surface area contributed by atoms with Gasteiger partial charge in [-0.15, -0.1) is 15.3 Å². The number of hydrogen-bond donors (Lipinski definition) is 2. The number of rotatable bonds is 10. The van der Waals surface area contributed by atoms with Gasteiger partial charge < -0.3 is 10.1 Å². The molecule has 2 aromatic carbocycles. The molecule has 4 rings (SSSR count). The zero-order valence-corrected chi connectivity index (χ0v) is 19.3. The van der Waals surface area contributed by atoms with E-state index in [0.717, 1.165) is 17.7 Å². The lowest BCUT2D eigenvalue weighted by Crippen LogP contribution is -2.26. The highest BCUT2D eigenvalue weighted by Crippen LogP contribution is 2.13. The minimum absolute atomic E-state index is 0.188. The topological polar surface area (TPSA) is 111 Å². The number of aryl methyl sites for hydroxylation is 1. The summed E-state index contributed by atoms with van der Waals surface area (Å²) in [4.78, 5) is 0.245. The first-order chi connectivity index (χ1) is 15.9. The minimum atomic E-state index is -3.59. The van der Waals surface area contributed by atoms with Crippen LogP contribution in [-0.2, 0) is 22.9 Å². The number of methoxy groups -OCH3 is 1. The summed E-state index contributed by atoms with van der Waals surface area (Å²) < 4.78 is 34.5. The molecule has 0 aliphatic rings. The number of ether oxygens (including phenoxy) is 1. The molecular weight excluding hydrogens is 440 g/mol. The second kappa shape index (κ2) is 9.97. The molecule has 0 aliphatic heterocycles. The van der Waals surface area contributed by atoms with Gasteiger partial charge in [0.25, 0.3) is 0 Å². The summed E-state index contributed by atoms with van der Waals surface area (Å²) in [5, 5.41) is 16.2. The Bertz CT molecular complexity index is 1340. The third kappa shape index (κ3) is 5.65. The van der Waals surface area contributed by atoms with Gasteiger partial charge in [0.15, 0.2) is 11.5 Å². The zero-order chi connectivity index (χ0) is 23.3. The van der Waals surface area contributed by atoms with E-state index in [9.17, 15) is 8.42 Å². The quantitative estimate of drug-likeness (QED) is 0.370. The highest BCUT2D eigenvalue weighted by Gasteiger charge is 2.15. The van der Waals surface area contributed by atoms with Crippen LogP contribution in [-0.4, -0.2) is 48.4 Å². The fourth-order valence-corrected chi connectivity index (χ4v) is 4.51. The van der Waals surface area contributed by atoms with E-state index in [4.69, 9.17) is 4.74 Å². The van der Waals surface area contributed by atoms with Gasteiger partial charge in [0.2, 0.25) is 10.0 Å². The lowest BCUT2D eigenvalue weighted by Gasteiger charge is -2.08. The lowest BCUT2D eigenvalue weighted by atomic mass is 10.1. The van der Waals surface area contributed by atoms with Crippen LogP contribution < -0.4 is 14.8 Å². The molecule has 0 atom stereocenters. The van der Waals surface area contributed by atoms with Crippen molar-refractivity contribution in [3.05, 3.63) is 77.6 Å². The van der Waals surface area contributed by atoms with Crippen molar-refractivity contribution in [1.82, 2.24) is 24.5 Å². The Morgan fingerprint density at radius 3 is 2.55 bits per heavy atom. The van der Waals surface area contributed by atoms with Crippen molar-refractivity contribution in [2.24, 2.45) is 0 Å². The SMILES string of the molecule is COc1ccc(CCNc2ccc3nnc(CCNS(=O)(=O)c4cccc(C)c4)n3n2)cc1. The standard InChI is InChI=1S/C23H26N6O3S/c1-17-4-3-5-20(16-17)33(30,31)25-15-13-23-27-26-22-11-10-21(28-29(22)23)24-14-12-18-6-8-19(32-2)9-7-18/h3-11,16,25H,12-15H2,1-2H3,(H,24,28). The summed E-state index contributed by atoms with van der Waals surface area (Å²) in [5.41, 5.74) is 2.68. The summed E-state index contributed by atoms with van der Waals surface area (Å²) in [6, 6.07) is 18.4. The number of benzene rings is 2. The van der Waals surface area contributed by atoms with Gasteiger partial charge in [-0.25, -0.2) is 13.1 Å². The Labute approximate surface area is 192 Å². The van der Waals surface area contributed by atoms with E-state index in [1.165, 1.54) is 5.56 Å². The average Bonchev–Trinajstić information content (AvgIpc) is 3.22. The molecule has 0 unspecified atom stereocenters. The van der Waals surface area contributed by atoms with Gasteiger partial charge in [-0.05, 0) is 60.9 Å². The van der Waals surface area contributed by atoms with Crippen LogP contribution in [0.4, 0.5) is 5.82 Å². The molecule has 2 aromatic heterocycles. The molecule has 2 N–H and O–H groups in total. The van der Waals surface area contributed by atoms with Crippen molar-refractivity contribution in [1.29, 1.82) is 0 Å². The molecule has 0 spiro atoms. The van der Waals surface area contributed by atoms with E-state index in [1.807, 2.05) is 49.4 Å². The van der Waals surface area contributed by atoms with Crippen LogP contribution in [0.2, 0.25) is 0 Å². The lowest BCUT2D eigenvalue weighted by molar-refractivity contribution is 0.414. The van der Waals surface area contributed by atoms with Gasteiger partial charge in [0, 0.05) is 19.5 Å². The molecule has 172 valence electrons. The molecule has 0 saturated heterocycles. The summed E-state index contributed by atoms with van der Waals surface area (Å²) >= 11 is 0. The fourth-order valence-electron chi connectivity index (χ4n) is 3.37. The van der Waals surface area contributed by atoms with Crippen molar-refractivity contribution in [2.75, 3.05) is 25.5 Å². The molecule has 2 heterocycles. The first-order valence-electron chi connectivity index (χ1n) is 10.6. The molecule has 0 radical (unpaired) electrons. The molecular formula is C23H26N6O3S. The van der Waals surface area contributed by atoms with Gasteiger partial charge in [-0.3, -0.25) is 0 Å². The Morgan fingerprint density at radius 2 is 1.79 bits per heavy atom. The van der Waals surface area contributed by atoms with Gasteiger partial charge in [0.1, 0.15) is 11.6 Å². The molecule has 10 heteroatoms. The molecule has 0 bridgehead atoms. The van der Waals surface area contributed by atoms with Crippen molar-refractivity contribution >= 4 is 21.5 Å². The van der Waals surface area contributed by atoms with Gasteiger partial charge in [-0.1, -0.05) is 24.3 Å². The van der Waals surface area contributed by atoms with E-state index in [1.54, 1.807) is 29.8 Å². The maximum atomic E-state index is 12.5. The average molecular weight is 467 g/mol. The number of aromatic nitrogens is 4. The van der Waals surface area contributed by atoms with Crippen LogP contribution in [0, 0.1) is 6.92 Å². The fraction of sp³-hybridized carbons (Fsp3) is 0.261. The van der Waals surface area contributed by atoms with Crippen molar-refractivity contribution in [3.63, 3.8) is 0 Å². The Balaban J connectivity index is 1.36.